The molecule has 6 nitrogen and oxygen atoms in total. The van der Waals surface area contributed by atoms with Crippen LogP contribution >= 0.6 is 0 Å². The number of aryl methyl sites for hydroxylation is 1. The van der Waals surface area contributed by atoms with Crippen molar-refractivity contribution in [1.29, 1.82) is 0 Å². The summed E-state index contributed by atoms with van der Waals surface area (Å²) in [5.41, 5.74) is 0.349. The zero-order valence-electron chi connectivity index (χ0n) is 7.74. The van der Waals surface area contributed by atoms with Gasteiger partial charge in [-0.3, -0.25) is 10.1 Å². The summed E-state index contributed by atoms with van der Waals surface area (Å²) < 4.78 is 0. The van der Waals surface area contributed by atoms with Gasteiger partial charge in [-0.2, -0.15) is 0 Å². The topological polar surface area (TPSA) is 92.2 Å². The molecule has 2 N–H and O–H groups in total. The van der Waals surface area contributed by atoms with Crippen LogP contribution in [-0.2, 0) is 4.79 Å². The number of carboxylic acids is 1. The van der Waals surface area contributed by atoms with E-state index in [0.29, 0.717) is 5.69 Å². The third-order valence-electron chi connectivity index (χ3n) is 1.36. The fourth-order valence-electron chi connectivity index (χ4n) is 0.891. The molecular weight excluding hydrogens is 186 g/mol. The van der Waals surface area contributed by atoms with Gasteiger partial charge in [0, 0.05) is 12.6 Å². The van der Waals surface area contributed by atoms with Crippen molar-refractivity contribution in [2.24, 2.45) is 0 Å². The van der Waals surface area contributed by atoms with Gasteiger partial charge in [-0.15, -0.1) is 0 Å². The van der Waals surface area contributed by atoms with Gasteiger partial charge in [-0.05, 0) is 13.0 Å². The number of nitrogens with one attached hydrogen (secondary N) is 1. The van der Waals surface area contributed by atoms with E-state index in [-0.39, 0.29) is 17.5 Å². The van der Waals surface area contributed by atoms with Crippen molar-refractivity contribution in [2.75, 3.05) is 5.32 Å². The number of nitrogens with zero attached hydrogens (tertiary/aromatic N) is 2. The van der Waals surface area contributed by atoms with Crippen LogP contribution in [-0.4, -0.2) is 27.0 Å². The molecule has 0 aliphatic carbocycles. The van der Waals surface area contributed by atoms with E-state index in [2.05, 4.69) is 15.3 Å². The summed E-state index contributed by atoms with van der Waals surface area (Å²) in [6, 6.07) is 1.33. The SMILES string of the molecule is CC(=O)Nc1nc(C)cc(C(=O)O)n1. The quantitative estimate of drug-likeness (QED) is 0.714. The van der Waals surface area contributed by atoms with Crippen molar-refractivity contribution >= 4 is 17.8 Å². The fourth-order valence-corrected chi connectivity index (χ4v) is 0.891. The number of carboxylic acid groups (broad SMARTS) is 1. The van der Waals surface area contributed by atoms with Crippen molar-refractivity contribution in [2.45, 2.75) is 13.8 Å². The Morgan fingerprint density at radius 1 is 1.43 bits per heavy atom. The molecule has 0 saturated heterocycles. The number of rotatable bonds is 2. The monoisotopic (exact) mass is 195 g/mol. The number of carbonyl (C=O) groups excluding carboxylic acids is 1. The molecule has 0 aliphatic heterocycles. The van der Waals surface area contributed by atoms with Gasteiger partial charge in [0.05, 0.1) is 0 Å². The third-order valence-corrected chi connectivity index (χ3v) is 1.36. The van der Waals surface area contributed by atoms with E-state index in [4.69, 9.17) is 5.11 Å². The van der Waals surface area contributed by atoms with Gasteiger partial charge in [0.25, 0.3) is 0 Å². The van der Waals surface area contributed by atoms with Crippen molar-refractivity contribution in [3.63, 3.8) is 0 Å². The van der Waals surface area contributed by atoms with Crippen LogP contribution in [0.3, 0.4) is 0 Å². The lowest BCUT2D eigenvalue weighted by Gasteiger charge is -2.02. The van der Waals surface area contributed by atoms with E-state index in [0.717, 1.165) is 0 Å². The highest BCUT2D eigenvalue weighted by molar-refractivity contribution is 5.89. The van der Waals surface area contributed by atoms with Crippen LogP contribution in [0.25, 0.3) is 0 Å². The first-order valence-electron chi connectivity index (χ1n) is 3.85. The van der Waals surface area contributed by atoms with Gasteiger partial charge in [0.15, 0.2) is 5.69 Å². The normalized spacial score (nSPS) is 9.57. The average molecular weight is 195 g/mol. The summed E-state index contributed by atoms with van der Waals surface area (Å²) in [6.45, 7) is 2.92. The van der Waals surface area contributed by atoms with Crippen LogP contribution in [0.1, 0.15) is 23.1 Å². The largest absolute Gasteiger partial charge is 0.477 e. The highest BCUT2D eigenvalue weighted by Crippen LogP contribution is 2.04. The van der Waals surface area contributed by atoms with Crippen LogP contribution < -0.4 is 5.32 Å². The first-order chi connectivity index (χ1) is 6.49. The lowest BCUT2D eigenvalue weighted by molar-refractivity contribution is -0.114. The molecule has 1 rings (SSSR count). The van der Waals surface area contributed by atoms with Crippen molar-refractivity contribution in [3.05, 3.63) is 17.5 Å². The predicted octanol–water partition coefficient (Wildman–Crippen LogP) is 0.442. The van der Waals surface area contributed by atoms with Crippen LogP contribution in [0.15, 0.2) is 6.07 Å². The standard InChI is InChI=1S/C8H9N3O3/c1-4-3-6(7(13)14)11-8(9-4)10-5(2)12/h3H,1-2H3,(H,13,14)(H,9,10,11,12). The summed E-state index contributed by atoms with van der Waals surface area (Å²) in [5, 5.41) is 11.0. The molecule has 1 heterocycles. The Kier molecular flexibility index (Phi) is 2.76. The number of carbonyl (C=O) groups is 2. The summed E-state index contributed by atoms with van der Waals surface area (Å²) in [4.78, 5) is 28.7. The van der Waals surface area contributed by atoms with E-state index in [9.17, 15) is 9.59 Å². The van der Waals surface area contributed by atoms with E-state index in [1.54, 1.807) is 6.92 Å². The lowest BCUT2D eigenvalue weighted by Crippen LogP contribution is -2.12. The van der Waals surface area contributed by atoms with Crippen molar-refractivity contribution in [3.8, 4) is 0 Å². The average Bonchev–Trinajstić information content (AvgIpc) is 2.01. The van der Waals surface area contributed by atoms with Gasteiger partial charge >= 0.3 is 5.97 Å². The van der Waals surface area contributed by atoms with E-state index in [1.807, 2.05) is 0 Å². The second-order valence-electron chi connectivity index (χ2n) is 2.70. The minimum atomic E-state index is -1.15. The summed E-state index contributed by atoms with van der Waals surface area (Å²) in [5.74, 6) is -1.48. The number of hydrogen-bond donors (Lipinski definition) is 2. The molecule has 1 aromatic rings. The molecule has 0 unspecified atom stereocenters. The highest BCUT2D eigenvalue weighted by Gasteiger charge is 2.08. The molecule has 6 heteroatoms. The maximum atomic E-state index is 10.7. The Morgan fingerprint density at radius 3 is 2.57 bits per heavy atom. The molecule has 0 spiro atoms. The second kappa shape index (κ2) is 3.82. The number of hydrogen-bond acceptors (Lipinski definition) is 4. The molecule has 1 aromatic heterocycles. The van der Waals surface area contributed by atoms with Crippen molar-refractivity contribution in [1.82, 2.24) is 9.97 Å². The minimum Gasteiger partial charge on any atom is -0.477 e. The van der Waals surface area contributed by atoms with Gasteiger partial charge in [0.1, 0.15) is 0 Å². The lowest BCUT2D eigenvalue weighted by atomic mass is 10.3. The molecule has 1 amide bonds. The maximum Gasteiger partial charge on any atom is 0.354 e. The summed E-state index contributed by atoms with van der Waals surface area (Å²) in [7, 11) is 0. The highest BCUT2D eigenvalue weighted by atomic mass is 16.4. The molecule has 0 bridgehead atoms. The van der Waals surface area contributed by atoms with Crippen LogP contribution in [0.4, 0.5) is 5.95 Å². The molecule has 0 saturated carbocycles. The Balaban J connectivity index is 3.07. The first kappa shape index (κ1) is 10.1. The van der Waals surface area contributed by atoms with Crippen molar-refractivity contribution < 1.29 is 14.7 Å². The molecule has 0 radical (unpaired) electrons. The summed E-state index contributed by atoms with van der Waals surface area (Å²) in [6.07, 6.45) is 0. The van der Waals surface area contributed by atoms with Gasteiger partial charge in [-0.25, -0.2) is 14.8 Å². The number of aromatic carboxylic acids is 1. The van der Waals surface area contributed by atoms with Crippen LogP contribution in [0.2, 0.25) is 0 Å². The molecule has 14 heavy (non-hydrogen) atoms. The van der Waals surface area contributed by atoms with Crippen LogP contribution in [0.5, 0.6) is 0 Å². The zero-order chi connectivity index (χ0) is 10.7. The fraction of sp³-hybridized carbons (Fsp3) is 0.250. The first-order valence-corrected chi connectivity index (χ1v) is 3.85. The molecule has 0 aromatic carbocycles. The number of amides is 1. The molecule has 74 valence electrons. The van der Waals surface area contributed by atoms with Crippen LogP contribution in [0, 0.1) is 6.92 Å². The number of aromatic nitrogens is 2. The molecule has 0 aliphatic rings. The Bertz CT molecular complexity index is 389. The molecular formula is C8H9N3O3. The Labute approximate surface area is 80.0 Å². The smallest absolute Gasteiger partial charge is 0.354 e. The maximum absolute atomic E-state index is 10.7. The van der Waals surface area contributed by atoms with E-state index < -0.39 is 5.97 Å². The Hall–Kier alpha value is -1.98. The Morgan fingerprint density at radius 2 is 2.07 bits per heavy atom. The van der Waals surface area contributed by atoms with Gasteiger partial charge in [0.2, 0.25) is 11.9 Å². The minimum absolute atomic E-state index is 0.00917. The van der Waals surface area contributed by atoms with Gasteiger partial charge < -0.3 is 5.11 Å². The third kappa shape index (κ3) is 2.51. The van der Waals surface area contributed by atoms with E-state index >= 15 is 0 Å². The molecule has 0 fully saturated rings. The summed E-state index contributed by atoms with van der Waals surface area (Å²) >= 11 is 0. The second-order valence-corrected chi connectivity index (χ2v) is 2.70. The number of anilines is 1. The predicted molar refractivity (Wildman–Crippen MR) is 48.0 cm³/mol. The zero-order valence-corrected chi connectivity index (χ0v) is 7.74. The van der Waals surface area contributed by atoms with Gasteiger partial charge in [-0.1, -0.05) is 0 Å². The molecule has 0 atom stereocenters. The van der Waals surface area contributed by atoms with E-state index in [1.165, 1.54) is 13.0 Å².